The molecule has 0 heterocycles. The molecule has 0 fully saturated rings. The molecule has 0 aliphatic rings. The molecule has 0 saturated heterocycles. The Balaban J connectivity index is 3.80. The summed E-state index contributed by atoms with van der Waals surface area (Å²) >= 11 is 0. The van der Waals surface area contributed by atoms with Gasteiger partial charge in [-0.05, 0) is 40.0 Å². The molecule has 0 amide bonds. The first kappa shape index (κ1) is 20.2. The van der Waals surface area contributed by atoms with Crippen LogP contribution in [-0.2, 0) is 4.74 Å². The molecule has 3 N–H and O–H groups in total. The highest BCUT2D eigenvalue weighted by atomic mass is 16.5. The Morgan fingerprint density at radius 3 is 2.43 bits per heavy atom. The molecule has 0 bridgehead atoms. The maximum Gasteiger partial charge on any atom is 0.191 e. The molecule has 0 radical (unpaired) electrons. The van der Waals surface area contributed by atoms with Crippen LogP contribution in [0.5, 0.6) is 0 Å². The normalized spacial score (nSPS) is 12.8. The monoisotopic (exact) mass is 300 g/mol. The fraction of sp³-hybridized carbons (Fsp3) is 0.938. The van der Waals surface area contributed by atoms with E-state index in [4.69, 9.17) is 4.74 Å². The molecule has 0 atom stereocenters. The molecule has 0 saturated carbocycles. The summed E-state index contributed by atoms with van der Waals surface area (Å²) < 4.78 is 5.55. The van der Waals surface area contributed by atoms with Crippen LogP contribution in [0.25, 0.3) is 0 Å². The topological polar surface area (TPSA) is 57.7 Å². The fourth-order valence-corrected chi connectivity index (χ4v) is 1.64. The van der Waals surface area contributed by atoms with Crippen molar-refractivity contribution in [3.05, 3.63) is 0 Å². The zero-order valence-electron chi connectivity index (χ0n) is 14.9. The molecular formula is C16H36N4O. The largest absolute Gasteiger partial charge is 0.381 e. The lowest BCUT2D eigenvalue weighted by atomic mass is 10.1. The molecule has 0 aliphatic heterocycles. The third-order valence-electron chi connectivity index (χ3n) is 2.58. The number of nitrogens with one attached hydrogen (secondary N) is 3. The van der Waals surface area contributed by atoms with Crippen molar-refractivity contribution in [1.82, 2.24) is 16.0 Å². The second-order valence-electron chi connectivity index (χ2n) is 6.69. The van der Waals surface area contributed by atoms with E-state index in [9.17, 15) is 0 Å². The summed E-state index contributed by atoms with van der Waals surface area (Å²) in [7, 11) is 0. The van der Waals surface area contributed by atoms with E-state index in [-0.39, 0.29) is 5.54 Å². The summed E-state index contributed by atoms with van der Waals surface area (Å²) in [6.45, 7) is 18.0. The number of aliphatic imine (C=N–C) groups is 1. The third-order valence-corrected chi connectivity index (χ3v) is 2.58. The highest BCUT2D eigenvalue weighted by Gasteiger charge is 2.07. The van der Waals surface area contributed by atoms with Crippen LogP contribution < -0.4 is 16.0 Å². The number of guanidine groups is 1. The predicted molar refractivity (Wildman–Crippen MR) is 92.0 cm³/mol. The summed E-state index contributed by atoms with van der Waals surface area (Å²) in [6.07, 6.45) is 0.962. The summed E-state index contributed by atoms with van der Waals surface area (Å²) in [5.74, 6) is 1.49. The van der Waals surface area contributed by atoms with E-state index in [2.05, 4.69) is 62.5 Å². The Morgan fingerprint density at radius 1 is 1.14 bits per heavy atom. The maximum atomic E-state index is 5.55. The van der Waals surface area contributed by atoms with Gasteiger partial charge in [0.15, 0.2) is 5.96 Å². The van der Waals surface area contributed by atoms with Gasteiger partial charge < -0.3 is 20.7 Å². The molecule has 0 aromatic carbocycles. The van der Waals surface area contributed by atoms with Crippen LogP contribution in [0.15, 0.2) is 4.99 Å². The molecule has 0 unspecified atom stereocenters. The van der Waals surface area contributed by atoms with E-state index in [1.54, 1.807) is 0 Å². The van der Waals surface area contributed by atoms with E-state index in [0.717, 1.165) is 51.8 Å². The van der Waals surface area contributed by atoms with Crippen molar-refractivity contribution < 1.29 is 4.74 Å². The number of ether oxygens (including phenoxy) is 1. The first-order valence-corrected chi connectivity index (χ1v) is 8.20. The van der Waals surface area contributed by atoms with Crippen LogP contribution in [0, 0.1) is 5.92 Å². The van der Waals surface area contributed by atoms with Crippen molar-refractivity contribution in [3.8, 4) is 0 Å². The Labute approximate surface area is 131 Å². The minimum Gasteiger partial charge on any atom is -0.381 e. The molecule has 0 rings (SSSR count). The lowest BCUT2D eigenvalue weighted by molar-refractivity contribution is 0.109. The third kappa shape index (κ3) is 15.4. The Bertz CT molecular complexity index is 272. The second kappa shape index (κ2) is 11.8. The van der Waals surface area contributed by atoms with Crippen molar-refractivity contribution >= 4 is 5.96 Å². The Kier molecular flexibility index (Phi) is 11.4. The molecule has 5 nitrogen and oxygen atoms in total. The van der Waals surface area contributed by atoms with Gasteiger partial charge in [0, 0.05) is 44.9 Å². The Morgan fingerprint density at radius 2 is 1.86 bits per heavy atom. The van der Waals surface area contributed by atoms with Gasteiger partial charge in [-0.3, -0.25) is 4.99 Å². The lowest BCUT2D eigenvalue weighted by Crippen LogP contribution is -2.44. The summed E-state index contributed by atoms with van der Waals surface area (Å²) in [5.41, 5.74) is 0.158. The predicted octanol–water partition coefficient (Wildman–Crippen LogP) is 1.99. The van der Waals surface area contributed by atoms with Crippen molar-refractivity contribution in [1.29, 1.82) is 0 Å². The minimum absolute atomic E-state index is 0.158. The standard InChI is InChI=1S/C16H36N4O/c1-7-17-15(19-10-11-20-16(4,5)6)18-9-8-12-21-13-14(2)3/h14,20H,7-13H2,1-6H3,(H2,17,18,19). The minimum atomic E-state index is 0.158. The van der Waals surface area contributed by atoms with Crippen LogP contribution in [0.1, 0.15) is 48.0 Å². The van der Waals surface area contributed by atoms with Crippen LogP contribution in [0.2, 0.25) is 0 Å². The number of hydrogen-bond donors (Lipinski definition) is 3. The number of nitrogens with zero attached hydrogens (tertiary/aromatic N) is 1. The van der Waals surface area contributed by atoms with Gasteiger partial charge in [0.05, 0.1) is 0 Å². The van der Waals surface area contributed by atoms with Gasteiger partial charge in [0.25, 0.3) is 0 Å². The lowest BCUT2D eigenvalue weighted by Gasteiger charge is -2.21. The van der Waals surface area contributed by atoms with Crippen molar-refractivity contribution in [2.24, 2.45) is 10.9 Å². The number of hydrogen-bond acceptors (Lipinski definition) is 3. The highest BCUT2D eigenvalue weighted by molar-refractivity contribution is 5.79. The van der Waals surface area contributed by atoms with Gasteiger partial charge in [-0.1, -0.05) is 13.8 Å². The fourth-order valence-electron chi connectivity index (χ4n) is 1.64. The van der Waals surface area contributed by atoms with Crippen LogP contribution in [0.4, 0.5) is 0 Å². The average molecular weight is 300 g/mol. The molecule has 5 heteroatoms. The molecule has 126 valence electrons. The van der Waals surface area contributed by atoms with Gasteiger partial charge in [-0.25, -0.2) is 0 Å². The summed E-state index contributed by atoms with van der Waals surface area (Å²) in [6, 6.07) is 0. The average Bonchev–Trinajstić information content (AvgIpc) is 2.37. The summed E-state index contributed by atoms with van der Waals surface area (Å²) in [5, 5.41) is 10.0. The van der Waals surface area contributed by atoms with Crippen LogP contribution >= 0.6 is 0 Å². The van der Waals surface area contributed by atoms with Gasteiger partial charge in [0.1, 0.15) is 0 Å². The van der Waals surface area contributed by atoms with Crippen molar-refractivity contribution in [2.75, 3.05) is 39.4 Å². The maximum absolute atomic E-state index is 5.55. The van der Waals surface area contributed by atoms with E-state index in [0.29, 0.717) is 5.92 Å². The Hall–Kier alpha value is -0.810. The van der Waals surface area contributed by atoms with Crippen LogP contribution in [-0.4, -0.2) is 50.9 Å². The zero-order valence-corrected chi connectivity index (χ0v) is 14.9. The van der Waals surface area contributed by atoms with E-state index >= 15 is 0 Å². The molecule has 0 aromatic heterocycles. The van der Waals surface area contributed by atoms with Gasteiger partial charge in [-0.2, -0.15) is 0 Å². The highest BCUT2D eigenvalue weighted by Crippen LogP contribution is 1.96. The number of rotatable bonds is 10. The van der Waals surface area contributed by atoms with Gasteiger partial charge in [0.2, 0.25) is 0 Å². The van der Waals surface area contributed by atoms with Crippen molar-refractivity contribution in [2.45, 2.75) is 53.5 Å². The molecule has 0 aliphatic carbocycles. The van der Waals surface area contributed by atoms with E-state index in [1.807, 2.05) is 0 Å². The van der Waals surface area contributed by atoms with E-state index in [1.165, 1.54) is 0 Å². The quantitative estimate of drug-likeness (QED) is 0.328. The zero-order chi connectivity index (χ0) is 16.1. The molecule has 21 heavy (non-hydrogen) atoms. The second-order valence-corrected chi connectivity index (χ2v) is 6.69. The SMILES string of the molecule is CCNC(=NCCCOCC(C)C)NCCNC(C)(C)C. The van der Waals surface area contributed by atoms with Gasteiger partial charge in [-0.15, -0.1) is 0 Å². The first-order chi connectivity index (χ1) is 9.85. The van der Waals surface area contributed by atoms with E-state index < -0.39 is 0 Å². The first-order valence-electron chi connectivity index (χ1n) is 8.20. The molecule has 0 spiro atoms. The summed E-state index contributed by atoms with van der Waals surface area (Å²) in [4.78, 5) is 4.55. The van der Waals surface area contributed by atoms with Crippen molar-refractivity contribution in [3.63, 3.8) is 0 Å². The molecule has 0 aromatic rings. The smallest absolute Gasteiger partial charge is 0.191 e. The molecular weight excluding hydrogens is 264 g/mol. The van der Waals surface area contributed by atoms with Gasteiger partial charge >= 0.3 is 0 Å². The van der Waals surface area contributed by atoms with Crippen LogP contribution in [0.3, 0.4) is 0 Å².